The Labute approximate surface area is 211 Å². The van der Waals surface area contributed by atoms with E-state index in [2.05, 4.69) is 17.3 Å². The Morgan fingerprint density at radius 1 is 1.14 bits per heavy atom. The number of benzene rings is 2. The van der Waals surface area contributed by atoms with Crippen molar-refractivity contribution in [2.75, 3.05) is 51.7 Å². The molecule has 0 aromatic heterocycles. The number of rotatable bonds is 9. The third-order valence-electron chi connectivity index (χ3n) is 7.06. The van der Waals surface area contributed by atoms with E-state index in [1.807, 2.05) is 30.3 Å². The Kier molecular flexibility index (Phi) is 7.58. The van der Waals surface area contributed by atoms with Crippen LogP contribution in [-0.4, -0.2) is 69.5 Å². The van der Waals surface area contributed by atoms with E-state index in [0.717, 1.165) is 43.9 Å². The number of hydrogen-bond donors (Lipinski definition) is 1. The third-order valence-corrected chi connectivity index (χ3v) is 7.06. The fourth-order valence-corrected chi connectivity index (χ4v) is 4.88. The molecule has 2 aromatic carbocycles. The van der Waals surface area contributed by atoms with Crippen molar-refractivity contribution in [1.29, 1.82) is 0 Å². The first-order chi connectivity index (χ1) is 17.6. The highest BCUT2D eigenvalue weighted by Crippen LogP contribution is 2.37. The minimum Gasteiger partial charge on any atom is -0.492 e. The molecule has 0 aliphatic carbocycles. The molecule has 36 heavy (non-hydrogen) atoms. The summed E-state index contributed by atoms with van der Waals surface area (Å²) in [7, 11) is 2.13. The van der Waals surface area contributed by atoms with E-state index in [4.69, 9.17) is 18.9 Å². The quantitative estimate of drug-likeness (QED) is 0.572. The van der Waals surface area contributed by atoms with Gasteiger partial charge in [0.05, 0.1) is 5.92 Å². The van der Waals surface area contributed by atoms with Crippen LogP contribution in [0.15, 0.2) is 42.5 Å². The molecule has 0 radical (unpaired) electrons. The van der Waals surface area contributed by atoms with Gasteiger partial charge in [-0.05, 0) is 49.7 Å². The van der Waals surface area contributed by atoms with Crippen molar-refractivity contribution in [2.45, 2.75) is 31.8 Å². The number of ether oxygens (including phenoxy) is 4. The smallest absolute Gasteiger partial charge is 0.231 e. The van der Waals surface area contributed by atoms with Crippen molar-refractivity contribution in [2.24, 2.45) is 5.92 Å². The van der Waals surface area contributed by atoms with Gasteiger partial charge in [0, 0.05) is 57.1 Å². The van der Waals surface area contributed by atoms with Crippen molar-refractivity contribution in [3.8, 4) is 17.2 Å². The lowest BCUT2D eigenvalue weighted by Gasteiger charge is -2.31. The standard InChI is InChI=1S/C27H33N3O6/c1-29(21-7-10-33-11-8-21)9-12-34-23-4-2-3-19(13-23)16-28-27(32)20-14-26(31)30(17-20)22-5-6-24-25(15-22)36-18-35-24/h2-6,13,15,20-21H,7-12,14,16-18H2,1H3,(H,28,32). The number of carbonyl (C=O) groups excluding carboxylic acids is 2. The zero-order valence-electron chi connectivity index (χ0n) is 20.6. The Morgan fingerprint density at radius 3 is 2.83 bits per heavy atom. The van der Waals surface area contributed by atoms with E-state index in [9.17, 15) is 9.59 Å². The van der Waals surface area contributed by atoms with Gasteiger partial charge in [0.2, 0.25) is 18.6 Å². The fraction of sp³-hybridized carbons (Fsp3) is 0.481. The van der Waals surface area contributed by atoms with Crippen LogP contribution < -0.4 is 24.4 Å². The number of nitrogens with zero attached hydrogens (tertiary/aromatic N) is 2. The highest BCUT2D eigenvalue weighted by atomic mass is 16.7. The Morgan fingerprint density at radius 2 is 1.97 bits per heavy atom. The second-order valence-electron chi connectivity index (χ2n) is 9.48. The van der Waals surface area contributed by atoms with Crippen LogP contribution in [0.25, 0.3) is 0 Å². The van der Waals surface area contributed by atoms with Gasteiger partial charge >= 0.3 is 0 Å². The summed E-state index contributed by atoms with van der Waals surface area (Å²) in [5.74, 6) is 1.46. The van der Waals surface area contributed by atoms with Gasteiger partial charge in [-0.15, -0.1) is 0 Å². The molecule has 9 nitrogen and oxygen atoms in total. The third kappa shape index (κ3) is 5.74. The number of fused-ring (bicyclic) bond motifs is 1. The predicted molar refractivity (Wildman–Crippen MR) is 133 cm³/mol. The van der Waals surface area contributed by atoms with Crippen LogP contribution >= 0.6 is 0 Å². The van der Waals surface area contributed by atoms with Crippen LogP contribution in [0.5, 0.6) is 17.2 Å². The highest BCUT2D eigenvalue weighted by Gasteiger charge is 2.35. The summed E-state index contributed by atoms with van der Waals surface area (Å²) >= 11 is 0. The molecule has 3 heterocycles. The highest BCUT2D eigenvalue weighted by molar-refractivity contribution is 6.00. The van der Waals surface area contributed by atoms with Crippen molar-refractivity contribution >= 4 is 17.5 Å². The largest absolute Gasteiger partial charge is 0.492 e. The maximum absolute atomic E-state index is 12.8. The molecule has 192 valence electrons. The van der Waals surface area contributed by atoms with Crippen molar-refractivity contribution in [1.82, 2.24) is 10.2 Å². The summed E-state index contributed by atoms with van der Waals surface area (Å²) < 4.78 is 22.2. The van der Waals surface area contributed by atoms with Gasteiger partial charge in [0.25, 0.3) is 0 Å². The van der Waals surface area contributed by atoms with E-state index in [0.29, 0.717) is 42.9 Å². The molecule has 1 unspecified atom stereocenters. The van der Waals surface area contributed by atoms with Crippen LogP contribution in [0.2, 0.25) is 0 Å². The molecule has 2 fully saturated rings. The van der Waals surface area contributed by atoms with Crippen LogP contribution in [0.1, 0.15) is 24.8 Å². The molecule has 9 heteroatoms. The first kappa shape index (κ1) is 24.4. The second kappa shape index (κ2) is 11.2. The average molecular weight is 496 g/mol. The summed E-state index contributed by atoms with van der Waals surface area (Å²) in [6, 6.07) is 13.7. The van der Waals surface area contributed by atoms with Gasteiger partial charge in [0.1, 0.15) is 12.4 Å². The molecule has 0 saturated carbocycles. The summed E-state index contributed by atoms with van der Waals surface area (Å²) in [6.45, 7) is 4.01. The minimum absolute atomic E-state index is 0.0740. The van der Waals surface area contributed by atoms with Gasteiger partial charge < -0.3 is 29.2 Å². The van der Waals surface area contributed by atoms with Crippen LogP contribution in [0, 0.1) is 5.92 Å². The zero-order valence-corrected chi connectivity index (χ0v) is 20.6. The lowest BCUT2D eigenvalue weighted by molar-refractivity contribution is -0.126. The topological polar surface area (TPSA) is 89.6 Å². The van der Waals surface area contributed by atoms with Gasteiger partial charge in [-0.1, -0.05) is 12.1 Å². The maximum Gasteiger partial charge on any atom is 0.231 e. The van der Waals surface area contributed by atoms with Crippen molar-refractivity contribution in [3.63, 3.8) is 0 Å². The van der Waals surface area contributed by atoms with E-state index in [1.165, 1.54) is 0 Å². The Bertz CT molecular complexity index is 1090. The Hall–Kier alpha value is -3.30. The molecule has 2 saturated heterocycles. The lowest BCUT2D eigenvalue weighted by atomic mass is 10.1. The molecule has 3 aliphatic heterocycles. The van der Waals surface area contributed by atoms with Crippen LogP contribution in [0.4, 0.5) is 5.69 Å². The minimum atomic E-state index is -0.400. The SMILES string of the molecule is CN(CCOc1cccc(CNC(=O)C2CC(=O)N(c3ccc4c(c3)OCO4)C2)c1)C1CCOCC1. The monoisotopic (exact) mass is 495 g/mol. The molecule has 5 rings (SSSR count). The number of nitrogens with one attached hydrogen (secondary N) is 1. The Balaban J connectivity index is 1.09. The van der Waals surface area contributed by atoms with Crippen molar-refractivity contribution in [3.05, 3.63) is 48.0 Å². The van der Waals surface area contributed by atoms with E-state index in [-0.39, 0.29) is 25.0 Å². The number of amides is 2. The van der Waals surface area contributed by atoms with Crippen LogP contribution in [0.3, 0.4) is 0 Å². The number of carbonyl (C=O) groups is 2. The summed E-state index contributed by atoms with van der Waals surface area (Å²) in [5.41, 5.74) is 1.67. The van der Waals surface area contributed by atoms with Gasteiger partial charge in [-0.25, -0.2) is 0 Å². The molecule has 2 aromatic rings. The van der Waals surface area contributed by atoms with E-state index >= 15 is 0 Å². The summed E-state index contributed by atoms with van der Waals surface area (Å²) in [5, 5.41) is 2.98. The molecular weight excluding hydrogens is 462 g/mol. The second-order valence-corrected chi connectivity index (χ2v) is 9.48. The molecular formula is C27H33N3O6. The number of likely N-dealkylation sites (N-methyl/N-ethyl adjacent to an activating group) is 1. The zero-order chi connectivity index (χ0) is 24.9. The number of hydrogen-bond acceptors (Lipinski definition) is 7. The van der Waals surface area contributed by atoms with Gasteiger partial charge in [-0.3, -0.25) is 14.5 Å². The number of anilines is 1. The van der Waals surface area contributed by atoms with Gasteiger partial charge in [-0.2, -0.15) is 0 Å². The molecule has 0 spiro atoms. The van der Waals surface area contributed by atoms with Crippen LogP contribution in [-0.2, 0) is 20.9 Å². The average Bonchev–Trinajstić information content (AvgIpc) is 3.54. The molecule has 1 N–H and O–H groups in total. The first-order valence-electron chi connectivity index (χ1n) is 12.5. The maximum atomic E-state index is 12.8. The molecule has 3 aliphatic rings. The molecule has 0 bridgehead atoms. The normalized spacial score (nSPS) is 19.7. The predicted octanol–water partition coefficient (Wildman–Crippen LogP) is 2.57. The van der Waals surface area contributed by atoms with Crippen molar-refractivity contribution < 1.29 is 28.5 Å². The molecule has 1 atom stereocenters. The lowest BCUT2D eigenvalue weighted by Crippen LogP contribution is -2.38. The van der Waals surface area contributed by atoms with E-state index in [1.54, 1.807) is 17.0 Å². The summed E-state index contributed by atoms with van der Waals surface area (Å²) in [6.07, 6.45) is 2.31. The van der Waals surface area contributed by atoms with Gasteiger partial charge in [0.15, 0.2) is 11.5 Å². The molecule has 2 amide bonds. The fourth-order valence-electron chi connectivity index (χ4n) is 4.88. The van der Waals surface area contributed by atoms with E-state index < -0.39 is 5.92 Å². The first-order valence-corrected chi connectivity index (χ1v) is 12.5. The summed E-state index contributed by atoms with van der Waals surface area (Å²) in [4.78, 5) is 29.4.